The summed E-state index contributed by atoms with van der Waals surface area (Å²) >= 11 is 0. The molecule has 0 bridgehead atoms. The molecular weight excluding hydrogens is 197 g/mol. The van der Waals surface area contributed by atoms with Gasteiger partial charge in [-0.2, -0.15) is 18.2 Å². The molecule has 0 saturated carbocycles. The number of isocyanates is 1. The normalized spacial score (nSPS) is 10.8. The van der Waals surface area contributed by atoms with Gasteiger partial charge in [-0.05, 0) is 12.1 Å². The molecule has 0 aromatic carbocycles. The maximum absolute atomic E-state index is 12.0. The van der Waals surface area contributed by atoms with Gasteiger partial charge in [-0.1, -0.05) is 0 Å². The Bertz CT molecular complexity index is 352. The lowest BCUT2D eigenvalue weighted by atomic mass is 10.2. The molecule has 1 rings (SSSR count). The zero-order chi connectivity index (χ0) is 10.6. The molecule has 0 radical (unpaired) electrons. The summed E-state index contributed by atoms with van der Waals surface area (Å²) in [5, 5.41) is 0. The molecule has 6 heteroatoms. The Morgan fingerprint density at radius 2 is 2.14 bits per heavy atom. The molecule has 1 aromatic rings. The van der Waals surface area contributed by atoms with Crippen molar-refractivity contribution in [3.8, 4) is 0 Å². The summed E-state index contributed by atoms with van der Waals surface area (Å²) in [5.74, 6) is 0. The fourth-order valence-corrected chi connectivity index (χ4v) is 0.799. The zero-order valence-electron chi connectivity index (χ0n) is 6.88. The first-order chi connectivity index (χ1) is 6.54. The number of pyridine rings is 1. The quantitative estimate of drug-likeness (QED) is 0.543. The topological polar surface area (TPSA) is 42.3 Å². The lowest BCUT2D eigenvalue weighted by Crippen LogP contribution is -2.05. The van der Waals surface area contributed by atoms with E-state index in [0.717, 1.165) is 6.07 Å². The van der Waals surface area contributed by atoms with Crippen LogP contribution in [-0.4, -0.2) is 11.1 Å². The third-order valence-corrected chi connectivity index (χ3v) is 1.46. The summed E-state index contributed by atoms with van der Waals surface area (Å²) in [5.41, 5.74) is -0.530. The third kappa shape index (κ3) is 2.67. The van der Waals surface area contributed by atoms with E-state index in [0.29, 0.717) is 11.9 Å². The fraction of sp³-hybridized carbons (Fsp3) is 0.250. The summed E-state index contributed by atoms with van der Waals surface area (Å²) in [7, 11) is 0. The van der Waals surface area contributed by atoms with E-state index in [9.17, 15) is 18.0 Å². The van der Waals surface area contributed by atoms with E-state index in [2.05, 4.69) is 9.98 Å². The highest BCUT2D eigenvalue weighted by atomic mass is 19.4. The van der Waals surface area contributed by atoms with Gasteiger partial charge in [0.2, 0.25) is 6.08 Å². The van der Waals surface area contributed by atoms with E-state index in [1.54, 1.807) is 0 Å². The van der Waals surface area contributed by atoms with Gasteiger partial charge in [0.1, 0.15) is 0 Å². The highest BCUT2D eigenvalue weighted by molar-refractivity contribution is 5.33. The number of rotatable bonds is 2. The Hall–Kier alpha value is -1.68. The second-order valence-corrected chi connectivity index (χ2v) is 2.44. The van der Waals surface area contributed by atoms with E-state index in [-0.39, 0.29) is 6.54 Å². The van der Waals surface area contributed by atoms with Crippen molar-refractivity contribution in [1.29, 1.82) is 0 Å². The Labute approximate surface area is 77.3 Å². The monoisotopic (exact) mass is 202 g/mol. The summed E-state index contributed by atoms with van der Waals surface area (Å²) in [6.45, 7) is -0.0539. The van der Waals surface area contributed by atoms with Gasteiger partial charge in [-0.25, -0.2) is 4.79 Å². The molecule has 0 aliphatic rings. The van der Waals surface area contributed by atoms with Crippen LogP contribution >= 0.6 is 0 Å². The van der Waals surface area contributed by atoms with Gasteiger partial charge in [-0.3, -0.25) is 4.98 Å². The summed E-state index contributed by atoms with van der Waals surface area (Å²) in [4.78, 5) is 16.4. The van der Waals surface area contributed by atoms with E-state index < -0.39 is 11.7 Å². The van der Waals surface area contributed by atoms with Crippen molar-refractivity contribution in [2.45, 2.75) is 12.7 Å². The first-order valence-electron chi connectivity index (χ1n) is 3.60. The van der Waals surface area contributed by atoms with Crippen LogP contribution in [0.2, 0.25) is 0 Å². The van der Waals surface area contributed by atoms with Crippen LogP contribution in [0.3, 0.4) is 0 Å². The molecule has 3 nitrogen and oxygen atoms in total. The minimum absolute atomic E-state index is 0.0539. The molecule has 0 saturated heterocycles. The lowest BCUT2D eigenvalue weighted by Gasteiger charge is -2.05. The van der Waals surface area contributed by atoms with Crippen LogP contribution < -0.4 is 0 Å². The smallest absolute Gasteiger partial charge is 0.259 e. The number of halogens is 3. The van der Waals surface area contributed by atoms with Crippen LogP contribution in [0, 0.1) is 0 Å². The molecule has 1 aromatic heterocycles. The molecule has 0 N–H and O–H groups in total. The minimum atomic E-state index is -4.39. The molecule has 0 spiro atoms. The van der Waals surface area contributed by atoms with Gasteiger partial charge in [-0.15, -0.1) is 0 Å². The Morgan fingerprint density at radius 1 is 1.43 bits per heavy atom. The molecule has 0 aliphatic heterocycles. The molecular formula is C8H5F3N2O. The van der Waals surface area contributed by atoms with Gasteiger partial charge in [0, 0.05) is 6.20 Å². The minimum Gasteiger partial charge on any atom is -0.259 e. The third-order valence-electron chi connectivity index (χ3n) is 1.46. The average molecular weight is 202 g/mol. The van der Waals surface area contributed by atoms with Gasteiger partial charge in [0.25, 0.3) is 0 Å². The zero-order valence-corrected chi connectivity index (χ0v) is 6.88. The molecule has 0 unspecified atom stereocenters. The maximum Gasteiger partial charge on any atom is 0.417 e. The summed E-state index contributed by atoms with van der Waals surface area (Å²) < 4.78 is 36.1. The predicted molar refractivity (Wildman–Crippen MR) is 41.1 cm³/mol. The second-order valence-electron chi connectivity index (χ2n) is 2.44. The van der Waals surface area contributed by atoms with E-state index in [1.165, 1.54) is 12.1 Å². The first kappa shape index (κ1) is 10.4. The van der Waals surface area contributed by atoms with Crippen LogP contribution in [0.1, 0.15) is 11.3 Å². The van der Waals surface area contributed by atoms with Gasteiger partial charge < -0.3 is 0 Å². The lowest BCUT2D eigenvalue weighted by molar-refractivity contribution is -0.137. The van der Waals surface area contributed by atoms with Crippen molar-refractivity contribution in [3.05, 3.63) is 29.6 Å². The number of hydrogen-bond donors (Lipinski definition) is 0. The van der Waals surface area contributed by atoms with Crippen molar-refractivity contribution in [1.82, 2.24) is 4.98 Å². The maximum atomic E-state index is 12.0. The van der Waals surface area contributed by atoms with E-state index in [1.807, 2.05) is 0 Å². The number of carbonyl (C=O) groups excluding carboxylic acids is 1. The number of alkyl halides is 3. The van der Waals surface area contributed by atoms with Crippen LogP contribution in [0.15, 0.2) is 23.3 Å². The van der Waals surface area contributed by atoms with E-state index in [4.69, 9.17) is 0 Å². The molecule has 14 heavy (non-hydrogen) atoms. The summed E-state index contributed by atoms with van der Waals surface area (Å²) in [6, 6.07) is 2.06. The van der Waals surface area contributed by atoms with Crippen molar-refractivity contribution >= 4 is 6.08 Å². The average Bonchev–Trinajstić information content (AvgIpc) is 2.14. The Balaban J connectivity index is 2.83. The van der Waals surface area contributed by atoms with E-state index >= 15 is 0 Å². The highest BCUT2D eigenvalue weighted by Gasteiger charge is 2.30. The highest BCUT2D eigenvalue weighted by Crippen LogP contribution is 2.28. The molecule has 0 aliphatic carbocycles. The van der Waals surface area contributed by atoms with Crippen molar-refractivity contribution in [3.63, 3.8) is 0 Å². The number of hydrogen-bond acceptors (Lipinski definition) is 3. The van der Waals surface area contributed by atoms with Crippen LogP contribution in [0.5, 0.6) is 0 Å². The molecule has 74 valence electrons. The standard InChI is InChI=1S/C8H5F3N2O/c9-8(10,11)6-1-2-7(13-3-6)4-12-5-14/h1-3H,4H2. The van der Waals surface area contributed by atoms with Crippen LogP contribution in [0.25, 0.3) is 0 Å². The van der Waals surface area contributed by atoms with Crippen LogP contribution in [0.4, 0.5) is 13.2 Å². The number of aromatic nitrogens is 1. The fourth-order valence-electron chi connectivity index (χ4n) is 0.799. The summed E-state index contributed by atoms with van der Waals surface area (Å²) in [6.07, 6.45) is -2.41. The van der Waals surface area contributed by atoms with Crippen molar-refractivity contribution < 1.29 is 18.0 Å². The van der Waals surface area contributed by atoms with Gasteiger partial charge in [0.05, 0.1) is 17.8 Å². The molecule has 0 amide bonds. The molecule has 0 atom stereocenters. The van der Waals surface area contributed by atoms with Gasteiger partial charge >= 0.3 is 6.18 Å². The Kier molecular flexibility index (Phi) is 2.99. The SMILES string of the molecule is O=C=NCc1ccc(C(F)(F)F)cn1. The second kappa shape index (κ2) is 4.02. The van der Waals surface area contributed by atoms with Crippen molar-refractivity contribution in [2.24, 2.45) is 4.99 Å². The predicted octanol–water partition coefficient (Wildman–Crippen LogP) is 1.94. The Morgan fingerprint density at radius 3 is 2.57 bits per heavy atom. The first-order valence-corrected chi connectivity index (χ1v) is 3.60. The van der Waals surface area contributed by atoms with Crippen molar-refractivity contribution in [2.75, 3.05) is 0 Å². The van der Waals surface area contributed by atoms with Crippen LogP contribution in [-0.2, 0) is 17.5 Å². The van der Waals surface area contributed by atoms with Gasteiger partial charge in [0.15, 0.2) is 0 Å². The molecule has 0 fully saturated rings. The largest absolute Gasteiger partial charge is 0.417 e. The number of nitrogens with zero attached hydrogens (tertiary/aromatic N) is 2. The number of aliphatic imine (C=N–C) groups is 1. The molecule has 1 heterocycles.